The van der Waals surface area contributed by atoms with Gasteiger partial charge in [-0.25, -0.2) is 0 Å². The van der Waals surface area contributed by atoms with Crippen molar-refractivity contribution in [2.45, 2.75) is 18.3 Å². The Hall–Kier alpha value is -0.520. The highest BCUT2D eigenvalue weighted by Gasteiger charge is 2.30. The number of thioether (sulfide) groups is 1. The summed E-state index contributed by atoms with van der Waals surface area (Å²) in [5.74, 6) is -0.160. The van der Waals surface area contributed by atoms with E-state index in [4.69, 9.17) is 5.11 Å². The van der Waals surface area contributed by atoms with Gasteiger partial charge < -0.3 is 5.11 Å². The van der Waals surface area contributed by atoms with Crippen LogP contribution in [0.2, 0.25) is 0 Å². The van der Waals surface area contributed by atoms with Crippen LogP contribution in [0.15, 0.2) is 22.7 Å². The molecule has 1 saturated heterocycles. The van der Waals surface area contributed by atoms with Crippen molar-refractivity contribution in [2.75, 3.05) is 5.75 Å². The van der Waals surface area contributed by atoms with Gasteiger partial charge in [-0.1, -0.05) is 28.1 Å². The predicted molar refractivity (Wildman–Crippen MR) is 68.6 cm³/mol. The minimum absolute atomic E-state index is 0.0815. The standard InChI is InChI=1S/C11H12BrNO2S/c1-6-2-3-7(4-8(6)12)10-13-9(5-16-10)11(14)15/h2-4,9-10,13H,5H2,1H3,(H,14,15). The van der Waals surface area contributed by atoms with Crippen molar-refractivity contribution < 1.29 is 9.90 Å². The molecule has 1 aliphatic heterocycles. The Kier molecular flexibility index (Phi) is 3.56. The van der Waals surface area contributed by atoms with Gasteiger partial charge in [-0.05, 0) is 24.1 Å². The van der Waals surface area contributed by atoms with Gasteiger partial charge in [0.1, 0.15) is 6.04 Å². The summed E-state index contributed by atoms with van der Waals surface area (Å²) in [5, 5.41) is 12.1. The molecule has 0 spiro atoms. The molecular weight excluding hydrogens is 290 g/mol. The molecule has 16 heavy (non-hydrogen) atoms. The summed E-state index contributed by atoms with van der Waals surface area (Å²) in [6.45, 7) is 2.03. The Labute approximate surface area is 107 Å². The van der Waals surface area contributed by atoms with E-state index in [-0.39, 0.29) is 5.37 Å². The van der Waals surface area contributed by atoms with E-state index in [2.05, 4.69) is 21.2 Å². The first kappa shape index (κ1) is 12.0. The Balaban J connectivity index is 2.14. The Bertz CT molecular complexity index is 424. The molecule has 1 aromatic carbocycles. The minimum Gasteiger partial charge on any atom is -0.480 e. The summed E-state index contributed by atoms with van der Waals surface area (Å²) >= 11 is 5.12. The number of nitrogens with one attached hydrogen (secondary N) is 1. The number of halogens is 1. The molecular formula is C11H12BrNO2S. The van der Waals surface area contributed by atoms with Gasteiger partial charge >= 0.3 is 5.97 Å². The van der Waals surface area contributed by atoms with Gasteiger partial charge in [0, 0.05) is 10.2 Å². The first-order valence-electron chi connectivity index (χ1n) is 4.94. The van der Waals surface area contributed by atoms with Gasteiger partial charge in [-0.15, -0.1) is 11.8 Å². The molecule has 0 amide bonds. The molecule has 2 N–H and O–H groups in total. The highest BCUT2D eigenvalue weighted by molar-refractivity contribution is 9.10. The lowest BCUT2D eigenvalue weighted by Gasteiger charge is -2.12. The van der Waals surface area contributed by atoms with Crippen LogP contribution < -0.4 is 5.32 Å². The topological polar surface area (TPSA) is 49.3 Å². The van der Waals surface area contributed by atoms with E-state index < -0.39 is 12.0 Å². The monoisotopic (exact) mass is 301 g/mol. The number of hydrogen-bond acceptors (Lipinski definition) is 3. The van der Waals surface area contributed by atoms with Crippen molar-refractivity contribution in [2.24, 2.45) is 0 Å². The maximum atomic E-state index is 10.8. The molecule has 0 bridgehead atoms. The van der Waals surface area contributed by atoms with E-state index in [0.717, 1.165) is 10.0 Å². The molecule has 1 aromatic rings. The lowest BCUT2D eigenvalue weighted by atomic mass is 10.1. The molecule has 2 atom stereocenters. The van der Waals surface area contributed by atoms with E-state index >= 15 is 0 Å². The summed E-state index contributed by atoms with van der Waals surface area (Å²) in [6, 6.07) is 5.68. The zero-order chi connectivity index (χ0) is 11.7. The maximum Gasteiger partial charge on any atom is 0.321 e. The fourth-order valence-electron chi connectivity index (χ4n) is 1.58. The molecule has 1 fully saturated rings. The first-order chi connectivity index (χ1) is 7.58. The molecule has 5 heteroatoms. The molecule has 0 aliphatic carbocycles. The third kappa shape index (κ3) is 2.42. The van der Waals surface area contributed by atoms with E-state index in [1.165, 1.54) is 5.56 Å². The van der Waals surface area contributed by atoms with E-state index in [1.54, 1.807) is 11.8 Å². The largest absolute Gasteiger partial charge is 0.480 e. The molecule has 0 saturated carbocycles. The van der Waals surface area contributed by atoms with Crippen LogP contribution >= 0.6 is 27.7 Å². The zero-order valence-electron chi connectivity index (χ0n) is 8.74. The number of carboxylic acid groups (broad SMARTS) is 1. The van der Waals surface area contributed by atoms with Crippen LogP contribution in [0.5, 0.6) is 0 Å². The van der Waals surface area contributed by atoms with Crippen molar-refractivity contribution in [3.05, 3.63) is 33.8 Å². The Morgan fingerprint density at radius 3 is 2.94 bits per heavy atom. The normalized spacial score (nSPS) is 24.6. The number of hydrogen-bond donors (Lipinski definition) is 2. The third-order valence-electron chi connectivity index (χ3n) is 2.58. The second-order valence-electron chi connectivity index (χ2n) is 3.78. The average molecular weight is 302 g/mol. The van der Waals surface area contributed by atoms with Crippen molar-refractivity contribution in [1.29, 1.82) is 0 Å². The molecule has 0 radical (unpaired) electrons. The number of carbonyl (C=O) groups is 1. The van der Waals surface area contributed by atoms with Crippen molar-refractivity contribution >= 4 is 33.7 Å². The molecule has 0 aromatic heterocycles. The molecule has 3 nitrogen and oxygen atoms in total. The molecule has 2 unspecified atom stereocenters. The highest BCUT2D eigenvalue weighted by Crippen LogP contribution is 2.34. The molecule has 2 rings (SSSR count). The van der Waals surface area contributed by atoms with Gasteiger partial charge in [0.15, 0.2) is 0 Å². The van der Waals surface area contributed by atoms with Crippen LogP contribution in [-0.2, 0) is 4.79 Å². The quantitative estimate of drug-likeness (QED) is 0.881. The molecule has 1 heterocycles. The summed E-state index contributed by atoms with van der Waals surface area (Å²) in [6.07, 6.45) is 0. The van der Waals surface area contributed by atoms with Gasteiger partial charge in [0.2, 0.25) is 0 Å². The Morgan fingerprint density at radius 1 is 1.62 bits per heavy atom. The van der Waals surface area contributed by atoms with E-state index in [1.807, 2.05) is 25.1 Å². The van der Waals surface area contributed by atoms with Crippen LogP contribution in [0, 0.1) is 6.92 Å². The van der Waals surface area contributed by atoms with Gasteiger partial charge in [0.05, 0.1) is 5.37 Å². The van der Waals surface area contributed by atoms with E-state index in [9.17, 15) is 4.79 Å². The number of rotatable bonds is 2. The Morgan fingerprint density at radius 2 is 2.38 bits per heavy atom. The highest BCUT2D eigenvalue weighted by atomic mass is 79.9. The van der Waals surface area contributed by atoms with Crippen molar-refractivity contribution in [3.8, 4) is 0 Å². The predicted octanol–water partition coefficient (Wildman–Crippen LogP) is 2.55. The lowest BCUT2D eigenvalue weighted by molar-refractivity contribution is -0.138. The number of aliphatic carboxylic acids is 1. The van der Waals surface area contributed by atoms with Crippen LogP contribution in [0.1, 0.15) is 16.5 Å². The fourth-order valence-corrected chi connectivity index (χ4v) is 3.20. The van der Waals surface area contributed by atoms with Gasteiger partial charge in [-0.2, -0.15) is 0 Å². The first-order valence-corrected chi connectivity index (χ1v) is 6.78. The third-order valence-corrected chi connectivity index (χ3v) is 4.70. The van der Waals surface area contributed by atoms with E-state index in [0.29, 0.717) is 5.75 Å². The second kappa shape index (κ2) is 4.77. The van der Waals surface area contributed by atoms with Crippen molar-refractivity contribution in [1.82, 2.24) is 5.32 Å². The van der Waals surface area contributed by atoms with Gasteiger partial charge in [-0.3, -0.25) is 10.1 Å². The lowest BCUT2D eigenvalue weighted by Crippen LogP contribution is -2.33. The smallest absolute Gasteiger partial charge is 0.321 e. The van der Waals surface area contributed by atoms with Crippen LogP contribution in [-0.4, -0.2) is 22.9 Å². The maximum absolute atomic E-state index is 10.8. The number of benzene rings is 1. The summed E-state index contributed by atoms with van der Waals surface area (Å²) in [4.78, 5) is 10.8. The summed E-state index contributed by atoms with van der Waals surface area (Å²) < 4.78 is 1.06. The second-order valence-corrected chi connectivity index (χ2v) is 5.77. The molecule has 1 aliphatic rings. The summed E-state index contributed by atoms with van der Waals surface area (Å²) in [5.41, 5.74) is 2.30. The number of carboxylic acids is 1. The van der Waals surface area contributed by atoms with Crippen molar-refractivity contribution in [3.63, 3.8) is 0 Å². The van der Waals surface area contributed by atoms with Crippen LogP contribution in [0.4, 0.5) is 0 Å². The average Bonchev–Trinajstić information content (AvgIpc) is 2.71. The minimum atomic E-state index is -0.777. The zero-order valence-corrected chi connectivity index (χ0v) is 11.1. The SMILES string of the molecule is Cc1ccc(C2NC(C(=O)O)CS2)cc1Br. The number of aryl methyl sites for hydroxylation is 1. The summed E-state index contributed by atoms with van der Waals surface area (Å²) in [7, 11) is 0. The molecule has 86 valence electrons. The van der Waals surface area contributed by atoms with Gasteiger partial charge in [0.25, 0.3) is 0 Å². The fraction of sp³-hybridized carbons (Fsp3) is 0.364. The van der Waals surface area contributed by atoms with Crippen LogP contribution in [0.25, 0.3) is 0 Å². The van der Waals surface area contributed by atoms with Crippen LogP contribution in [0.3, 0.4) is 0 Å².